The lowest BCUT2D eigenvalue weighted by Gasteiger charge is -2.41. The summed E-state index contributed by atoms with van der Waals surface area (Å²) in [5.74, 6) is -0.152. The van der Waals surface area contributed by atoms with E-state index in [1.54, 1.807) is 23.3 Å². The fourth-order valence-corrected chi connectivity index (χ4v) is 4.12. The Morgan fingerprint density at radius 2 is 1.58 bits per heavy atom. The largest absolute Gasteiger partial charge is 0.298 e. The second-order valence-electron chi connectivity index (χ2n) is 7.10. The summed E-state index contributed by atoms with van der Waals surface area (Å²) < 4.78 is 13.0. The Labute approximate surface area is 143 Å². The summed E-state index contributed by atoms with van der Waals surface area (Å²) in [6, 6.07) is 16.5. The molecule has 1 aliphatic carbocycles. The molecule has 126 valence electrons. The molecule has 0 aromatic heterocycles. The van der Waals surface area contributed by atoms with Crippen LogP contribution in [0.1, 0.15) is 23.1 Å². The molecule has 1 unspecified atom stereocenters. The van der Waals surface area contributed by atoms with E-state index in [0.717, 1.165) is 32.7 Å². The summed E-state index contributed by atoms with van der Waals surface area (Å²) in [4.78, 5) is 5.16. The van der Waals surface area contributed by atoms with Crippen molar-refractivity contribution in [3.05, 3.63) is 71.0 Å². The second-order valence-corrected chi connectivity index (χ2v) is 7.10. The zero-order valence-electron chi connectivity index (χ0n) is 14.1. The maximum Gasteiger partial charge on any atom is 0.123 e. The molecule has 0 spiro atoms. The first-order valence-electron chi connectivity index (χ1n) is 9.05. The average Bonchev–Trinajstić information content (AvgIpc) is 2.64. The van der Waals surface area contributed by atoms with Gasteiger partial charge in [-0.15, -0.1) is 0 Å². The molecule has 0 radical (unpaired) electrons. The van der Waals surface area contributed by atoms with Gasteiger partial charge in [0, 0.05) is 38.8 Å². The molecular weight excluding hydrogens is 299 g/mol. The van der Waals surface area contributed by atoms with Crippen LogP contribution in [0, 0.1) is 5.82 Å². The molecule has 1 fully saturated rings. The lowest BCUT2D eigenvalue weighted by Crippen LogP contribution is -2.51. The first kappa shape index (κ1) is 15.8. The number of piperazine rings is 1. The van der Waals surface area contributed by atoms with E-state index in [2.05, 4.69) is 34.1 Å². The minimum atomic E-state index is -0.152. The smallest absolute Gasteiger partial charge is 0.123 e. The van der Waals surface area contributed by atoms with Crippen molar-refractivity contribution in [1.29, 1.82) is 0 Å². The molecule has 24 heavy (non-hydrogen) atoms. The van der Waals surface area contributed by atoms with Crippen LogP contribution in [0.2, 0.25) is 0 Å². The van der Waals surface area contributed by atoms with Crippen LogP contribution < -0.4 is 0 Å². The van der Waals surface area contributed by atoms with Crippen LogP contribution in [-0.2, 0) is 19.4 Å². The van der Waals surface area contributed by atoms with Crippen LogP contribution in [0.5, 0.6) is 0 Å². The van der Waals surface area contributed by atoms with Crippen LogP contribution in [-0.4, -0.2) is 42.0 Å². The highest BCUT2D eigenvalue weighted by molar-refractivity contribution is 5.30. The Kier molecular flexibility index (Phi) is 4.63. The number of hydrogen-bond donors (Lipinski definition) is 0. The fourth-order valence-electron chi connectivity index (χ4n) is 4.12. The monoisotopic (exact) mass is 324 g/mol. The van der Waals surface area contributed by atoms with Crippen LogP contribution in [0.25, 0.3) is 0 Å². The Balaban J connectivity index is 1.31. The third-order valence-electron chi connectivity index (χ3n) is 5.56. The van der Waals surface area contributed by atoms with Gasteiger partial charge >= 0.3 is 0 Å². The minimum Gasteiger partial charge on any atom is -0.298 e. The van der Waals surface area contributed by atoms with E-state index in [4.69, 9.17) is 0 Å². The van der Waals surface area contributed by atoms with Gasteiger partial charge in [0.2, 0.25) is 0 Å². The molecule has 0 bridgehead atoms. The van der Waals surface area contributed by atoms with Crippen LogP contribution in [0.15, 0.2) is 48.5 Å². The standard InChI is InChI=1S/C21H25FN2/c22-20-8-5-17(6-9-20)16-23-11-13-24(14-12-23)21-10-7-18-3-1-2-4-19(18)15-21/h1-6,8-9,21H,7,10-16H2. The first-order valence-corrected chi connectivity index (χ1v) is 9.05. The molecule has 0 N–H and O–H groups in total. The molecule has 4 rings (SSSR count). The summed E-state index contributed by atoms with van der Waals surface area (Å²) in [5.41, 5.74) is 4.29. The van der Waals surface area contributed by atoms with Gasteiger partial charge in [-0.2, -0.15) is 0 Å². The zero-order valence-corrected chi connectivity index (χ0v) is 14.1. The van der Waals surface area contributed by atoms with Gasteiger partial charge in [0.15, 0.2) is 0 Å². The third-order valence-corrected chi connectivity index (χ3v) is 5.56. The number of benzene rings is 2. The second kappa shape index (κ2) is 7.04. The molecule has 2 aromatic rings. The van der Waals surface area contributed by atoms with E-state index in [-0.39, 0.29) is 5.82 Å². The molecule has 2 aliphatic rings. The predicted octanol–water partition coefficient (Wildman–Crippen LogP) is 3.50. The van der Waals surface area contributed by atoms with Gasteiger partial charge in [-0.25, -0.2) is 4.39 Å². The van der Waals surface area contributed by atoms with Crippen LogP contribution >= 0.6 is 0 Å². The Bertz CT molecular complexity index is 674. The molecule has 2 nitrogen and oxygen atoms in total. The van der Waals surface area contributed by atoms with E-state index < -0.39 is 0 Å². The van der Waals surface area contributed by atoms with Gasteiger partial charge in [-0.05, 0) is 48.1 Å². The van der Waals surface area contributed by atoms with Crippen molar-refractivity contribution >= 4 is 0 Å². The van der Waals surface area contributed by atoms with E-state index in [1.165, 1.54) is 24.8 Å². The van der Waals surface area contributed by atoms with Crippen LogP contribution in [0.3, 0.4) is 0 Å². The lowest BCUT2D eigenvalue weighted by atomic mass is 9.87. The predicted molar refractivity (Wildman–Crippen MR) is 95.5 cm³/mol. The molecule has 2 aromatic carbocycles. The normalized spacial score (nSPS) is 22.3. The Morgan fingerprint density at radius 1 is 0.875 bits per heavy atom. The number of aryl methyl sites for hydroxylation is 1. The average molecular weight is 324 g/mol. The fraction of sp³-hybridized carbons (Fsp3) is 0.429. The Hall–Kier alpha value is -1.71. The number of hydrogen-bond acceptors (Lipinski definition) is 2. The van der Waals surface area contributed by atoms with Crippen molar-refractivity contribution in [2.45, 2.75) is 31.8 Å². The van der Waals surface area contributed by atoms with Gasteiger partial charge < -0.3 is 0 Å². The highest BCUT2D eigenvalue weighted by Gasteiger charge is 2.27. The summed E-state index contributed by atoms with van der Waals surface area (Å²) in [6.45, 7) is 5.44. The van der Waals surface area contributed by atoms with Crippen molar-refractivity contribution < 1.29 is 4.39 Å². The van der Waals surface area contributed by atoms with Gasteiger partial charge in [0.25, 0.3) is 0 Å². The van der Waals surface area contributed by atoms with Gasteiger partial charge in [0.1, 0.15) is 5.82 Å². The number of rotatable bonds is 3. The molecule has 3 heteroatoms. The summed E-state index contributed by atoms with van der Waals surface area (Å²) >= 11 is 0. The van der Waals surface area contributed by atoms with E-state index in [0.29, 0.717) is 6.04 Å². The maximum atomic E-state index is 13.0. The zero-order chi connectivity index (χ0) is 16.4. The van der Waals surface area contributed by atoms with E-state index >= 15 is 0 Å². The minimum absolute atomic E-state index is 0.152. The number of fused-ring (bicyclic) bond motifs is 1. The lowest BCUT2D eigenvalue weighted by molar-refractivity contribution is 0.0856. The SMILES string of the molecule is Fc1ccc(CN2CCN(C3CCc4ccccc4C3)CC2)cc1. The molecule has 1 heterocycles. The third kappa shape index (κ3) is 3.52. The van der Waals surface area contributed by atoms with E-state index in [9.17, 15) is 4.39 Å². The summed E-state index contributed by atoms with van der Waals surface area (Å²) in [5, 5.41) is 0. The molecule has 0 amide bonds. The molecule has 0 saturated carbocycles. The van der Waals surface area contributed by atoms with Crippen LogP contribution in [0.4, 0.5) is 4.39 Å². The highest BCUT2D eigenvalue weighted by Crippen LogP contribution is 2.25. The topological polar surface area (TPSA) is 6.48 Å². The first-order chi connectivity index (χ1) is 11.8. The summed E-state index contributed by atoms with van der Waals surface area (Å²) in [7, 11) is 0. The highest BCUT2D eigenvalue weighted by atomic mass is 19.1. The van der Waals surface area contributed by atoms with Crippen molar-refractivity contribution in [2.75, 3.05) is 26.2 Å². The van der Waals surface area contributed by atoms with E-state index in [1.807, 2.05) is 12.1 Å². The number of halogens is 1. The summed E-state index contributed by atoms with van der Waals surface area (Å²) in [6.07, 6.45) is 3.71. The van der Waals surface area contributed by atoms with Crippen molar-refractivity contribution in [1.82, 2.24) is 9.80 Å². The molecule has 1 aliphatic heterocycles. The van der Waals surface area contributed by atoms with Crippen molar-refractivity contribution in [3.63, 3.8) is 0 Å². The van der Waals surface area contributed by atoms with Gasteiger partial charge in [-0.3, -0.25) is 9.80 Å². The maximum absolute atomic E-state index is 13.0. The molecule has 1 saturated heterocycles. The van der Waals surface area contributed by atoms with Crippen molar-refractivity contribution in [3.8, 4) is 0 Å². The van der Waals surface area contributed by atoms with Gasteiger partial charge in [0.05, 0.1) is 0 Å². The molecule has 1 atom stereocenters. The molecular formula is C21H25FN2. The van der Waals surface area contributed by atoms with Gasteiger partial charge in [-0.1, -0.05) is 36.4 Å². The Morgan fingerprint density at radius 3 is 2.33 bits per heavy atom. The van der Waals surface area contributed by atoms with Crippen molar-refractivity contribution in [2.24, 2.45) is 0 Å². The number of nitrogens with zero attached hydrogens (tertiary/aromatic N) is 2. The quantitative estimate of drug-likeness (QED) is 0.852.